The molecule has 1 aliphatic carbocycles. The lowest BCUT2D eigenvalue weighted by Crippen LogP contribution is -2.43. The van der Waals surface area contributed by atoms with Crippen molar-refractivity contribution in [2.45, 2.75) is 31.7 Å². The highest BCUT2D eigenvalue weighted by atomic mass is 16.5. The number of urea groups is 1. The van der Waals surface area contributed by atoms with Gasteiger partial charge in [-0.3, -0.25) is 10.0 Å². The van der Waals surface area contributed by atoms with Crippen LogP contribution in [0.2, 0.25) is 0 Å². The lowest BCUT2D eigenvalue weighted by Gasteiger charge is -2.30. The number of carbonyl (C=O) groups excluding carboxylic acids is 2. The molecule has 1 unspecified atom stereocenters. The fourth-order valence-corrected chi connectivity index (χ4v) is 5.29. The number of carbonyl (C=O) groups is 2. The molecule has 4 aromatic rings. The molecule has 1 heterocycles. The summed E-state index contributed by atoms with van der Waals surface area (Å²) < 4.78 is 0. The van der Waals surface area contributed by atoms with Crippen LogP contribution in [-0.2, 0) is 24.1 Å². The predicted molar refractivity (Wildman–Crippen MR) is 149 cm³/mol. The number of benzene rings is 3. The first-order valence-corrected chi connectivity index (χ1v) is 13.0. The Hall–Kier alpha value is -4.36. The number of aromatic nitrogens is 1. The molecule has 7 heteroatoms. The maximum atomic E-state index is 13.6. The highest BCUT2D eigenvalue weighted by molar-refractivity contribution is 5.90. The van der Waals surface area contributed by atoms with Crippen molar-refractivity contribution < 1.29 is 14.8 Å². The zero-order chi connectivity index (χ0) is 26.3. The number of nitrogens with zero attached hydrogens (tertiary/aromatic N) is 1. The Morgan fingerprint density at radius 1 is 1.03 bits per heavy atom. The zero-order valence-electron chi connectivity index (χ0n) is 21.2. The molecule has 5 rings (SSSR count). The van der Waals surface area contributed by atoms with Crippen molar-refractivity contribution in [3.05, 3.63) is 113 Å². The van der Waals surface area contributed by atoms with E-state index in [2.05, 4.69) is 46.7 Å². The van der Waals surface area contributed by atoms with Gasteiger partial charge in [-0.15, -0.1) is 0 Å². The summed E-state index contributed by atoms with van der Waals surface area (Å²) >= 11 is 0. The van der Waals surface area contributed by atoms with Gasteiger partial charge in [-0.1, -0.05) is 66.7 Å². The Morgan fingerprint density at radius 3 is 2.68 bits per heavy atom. The Balaban J connectivity index is 1.34. The summed E-state index contributed by atoms with van der Waals surface area (Å²) in [6.07, 6.45) is 8.24. The Kier molecular flexibility index (Phi) is 7.85. The van der Waals surface area contributed by atoms with Crippen molar-refractivity contribution in [2.24, 2.45) is 0 Å². The van der Waals surface area contributed by atoms with Gasteiger partial charge in [0.05, 0.1) is 6.04 Å². The second kappa shape index (κ2) is 11.8. The maximum absolute atomic E-state index is 13.6. The van der Waals surface area contributed by atoms with Gasteiger partial charge in [-0.05, 0) is 65.6 Å². The number of hydrogen-bond acceptors (Lipinski definition) is 3. The standard InChI is InChI=1S/C31H32N4O3/c36-30(34-38)15-11-23-10-13-27-24(20-23)12-14-29(27)35(31(37)32-18-16-22-6-2-1-3-7-22)19-17-25-21-33-28-9-5-4-8-26(25)28/h1-11,13,15,20-21,29,33,38H,12,14,16-19H2,(H,32,37)(H,34,36). The van der Waals surface area contributed by atoms with Gasteiger partial charge in [-0.2, -0.15) is 0 Å². The molecule has 0 saturated heterocycles. The van der Waals surface area contributed by atoms with Crippen LogP contribution >= 0.6 is 0 Å². The van der Waals surface area contributed by atoms with E-state index in [0.29, 0.717) is 13.1 Å². The Morgan fingerprint density at radius 2 is 1.84 bits per heavy atom. The summed E-state index contributed by atoms with van der Waals surface area (Å²) in [5.41, 5.74) is 8.30. The van der Waals surface area contributed by atoms with Gasteiger partial charge in [0.25, 0.3) is 5.91 Å². The number of para-hydroxylation sites is 1. The molecule has 7 nitrogen and oxygen atoms in total. The third kappa shape index (κ3) is 5.79. The Labute approximate surface area is 222 Å². The van der Waals surface area contributed by atoms with Crippen LogP contribution in [0.1, 0.15) is 40.3 Å². The van der Waals surface area contributed by atoms with Crippen LogP contribution in [0.25, 0.3) is 17.0 Å². The fourth-order valence-electron chi connectivity index (χ4n) is 5.29. The van der Waals surface area contributed by atoms with Gasteiger partial charge < -0.3 is 15.2 Å². The third-order valence-corrected chi connectivity index (χ3v) is 7.22. The first-order chi connectivity index (χ1) is 18.6. The minimum absolute atomic E-state index is 0.0225. The number of hydrogen-bond donors (Lipinski definition) is 4. The minimum Gasteiger partial charge on any atom is -0.361 e. The zero-order valence-corrected chi connectivity index (χ0v) is 21.2. The quantitative estimate of drug-likeness (QED) is 0.143. The molecule has 0 saturated carbocycles. The smallest absolute Gasteiger partial charge is 0.317 e. The van der Waals surface area contributed by atoms with Crippen molar-refractivity contribution in [1.29, 1.82) is 0 Å². The second-order valence-corrected chi connectivity index (χ2v) is 9.59. The first-order valence-electron chi connectivity index (χ1n) is 13.0. The first kappa shape index (κ1) is 25.3. The van der Waals surface area contributed by atoms with Crippen molar-refractivity contribution in [3.8, 4) is 0 Å². The second-order valence-electron chi connectivity index (χ2n) is 9.59. The average Bonchev–Trinajstić information content (AvgIpc) is 3.56. The topological polar surface area (TPSA) is 97.5 Å². The summed E-state index contributed by atoms with van der Waals surface area (Å²) in [6.45, 7) is 1.17. The molecule has 0 aliphatic heterocycles. The number of fused-ring (bicyclic) bond motifs is 2. The average molecular weight is 509 g/mol. The van der Waals surface area contributed by atoms with E-state index in [-0.39, 0.29) is 12.1 Å². The van der Waals surface area contributed by atoms with Gasteiger partial charge in [0.2, 0.25) is 0 Å². The molecule has 3 aromatic carbocycles. The summed E-state index contributed by atoms with van der Waals surface area (Å²) in [4.78, 5) is 30.2. The van der Waals surface area contributed by atoms with Crippen molar-refractivity contribution in [1.82, 2.24) is 20.7 Å². The van der Waals surface area contributed by atoms with Gasteiger partial charge in [0.1, 0.15) is 0 Å². The number of aromatic amines is 1. The monoisotopic (exact) mass is 508 g/mol. The van der Waals surface area contributed by atoms with Gasteiger partial charge in [0, 0.05) is 36.3 Å². The van der Waals surface area contributed by atoms with Gasteiger partial charge in [-0.25, -0.2) is 10.3 Å². The largest absolute Gasteiger partial charge is 0.361 e. The summed E-state index contributed by atoms with van der Waals surface area (Å²) in [7, 11) is 0. The van der Waals surface area contributed by atoms with Crippen molar-refractivity contribution >= 4 is 28.9 Å². The number of rotatable bonds is 9. The van der Waals surface area contributed by atoms with Crippen molar-refractivity contribution in [2.75, 3.05) is 13.1 Å². The number of aryl methyl sites for hydroxylation is 1. The third-order valence-electron chi connectivity index (χ3n) is 7.22. The maximum Gasteiger partial charge on any atom is 0.317 e. The van der Waals surface area contributed by atoms with Crippen molar-refractivity contribution in [3.63, 3.8) is 0 Å². The minimum atomic E-state index is -0.570. The molecule has 0 fully saturated rings. The normalized spacial score (nSPS) is 14.5. The molecular weight excluding hydrogens is 476 g/mol. The predicted octanol–water partition coefficient (Wildman–Crippen LogP) is 5.17. The van der Waals surface area contributed by atoms with E-state index in [1.807, 2.05) is 47.5 Å². The van der Waals surface area contributed by atoms with E-state index in [0.717, 1.165) is 42.3 Å². The summed E-state index contributed by atoms with van der Waals surface area (Å²) in [6, 6.07) is 24.4. The van der Waals surface area contributed by atoms with Crippen LogP contribution in [0.4, 0.5) is 4.79 Å². The summed E-state index contributed by atoms with van der Waals surface area (Å²) in [5, 5.41) is 13.1. The molecule has 1 aromatic heterocycles. The van der Waals surface area contributed by atoms with E-state index in [1.54, 1.807) is 11.6 Å². The lowest BCUT2D eigenvalue weighted by molar-refractivity contribution is -0.124. The van der Waals surface area contributed by atoms with Crippen LogP contribution in [0.5, 0.6) is 0 Å². The van der Waals surface area contributed by atoms with Gasteiger partial charge >= 0.3 is 6.03 Å². The molecular formula is C31H32N4O3. The molecule has 0 spiro atoms. The molecule has 194 valence electrons. The van der Waals surface area contributed by atoms with Crippen LogP contribution in [0.15, 0.2) is 85.1 Å². The van der Waals surface area contributed by atoms with E-state index in [4.69, 9.17) is 5.21 Å². The number of nitrogens with one attached hydrogen (secondary N) is 3. The highest BCUT2D eigenvalue weighted by Crippen LogP contribution is 2.37. The number of amides is 3. The van der Waals surface area contributed by atoms with Crippen LogP contribution in [0, 0.1) is 0 Å². The highest BCUT2D eigenvalue weighted by Gasteiger charge is 2.31. The number of H-pyrrole nitrogens is 1. The van der Waals surface area contributed by atoms with E-state index in [9.17, 15) is 9.59 Å². The summed E-state index contributed by atoms with van der Waals surface area (Å²) in [5.74, 6) is -0.570. The Bertz CT molecular complexity index is 1440. The number of hydroxylamine groups is 1. The molecule has 3 amide bonds. The van der Waals surface area contributed by atoms with Crippen LogP contribution < -0.4 is 10.8 Å². The van der Waals surface area contributed by atoms with Gasteiger partial charge in [0.15, 0.2) is 0 Å². The van der Waals surface area contributed by atoms with E-state index in [1.165, 1.54) is 28.2 Å². The van der Waals surface area contributed by atoms with Crippen LogP contribution in [0.3, 0.4) is 0 Å². The molecule has 0 radical (unpaired) electrons. The SMILES string of the molecule is O=C(C=Cc1ccc2c(c1)CCC2N(CCc1c[nH]c2ccccc12)C(=O)NCCc1ccccc1)NO. The lowest BCUT2D eigenvalue weighted by atomic mass is 10.0. The molecule has 4 N–H and O–H groups in total. The molecule has 38 heavy (non-hydrogen) atoms. The fraction of sp³-hybridized carbons (Fsp3) is 0.226. The van der Waals surface area contributed by atoms with Crippen LogP contribution in [-0.4, -0.2) is 40.1 Å². The molecule has 1 atom stereocenters. The molecule has 0 bridgehead atoms. The van der Waals surface area contributed by atoms with E-state index >= 15 is 0 Å². The van der Waals surface area contributed by atoms with E-state index < -0.39 is 5.91 Å². The molecule has 1 aliphatic rings.